The van der Waals surface area contributed by atoms with Gasteiger partial charge in [-0.3, -0.25) is 14.4 Å². The van der Waals surface area contributed by atoms with Crippen LogP contribution in [0.15, 0.2) is 53.0 Å². The quantitative estimate of drug-likeness (QED) is 0.741. The van der Waals surface area contributed by atoms with Gasteiger partial charge in [-0.25, -0.2) is 0 Å². The van der Waals surface area contributed by atoms with Gasteiger partial charge in [0.25, 0.3) is 5.91 Å². The molecule has 1 atom stereocenters. The lowest BCUT2D eigenvalue weighted by Crippen LogP contribution is -2.55. The van der Waals surface area contributed by atoms with E-state index in [0.29, 0.717) is 16.9 Å². The van der Waals surface area contributed by atoms with Crippen LogP contribution in [0.1, 0.15) is 32.8 Å². The Morgan fingerprint density at radius 2 is 1.75 bits per heavy atom. The lowest BCUT2D eigenvalue weighted by atomic mass is 9.87. The number of hydrogen-bond donors (Lipinski definition) is 2. The SMILES string of the molecule is CC(=O)NC1(CC(=O)Nc2ccc(Br)cc2)C(=O)N(C(C)C)c2ccccc21. The van der Waals surface area contributed by atoms with Crippen molar-refractivity contribution in [3.05, 3.63) is 58.6 Å². The summed E-state index contributed by atoms with van der Waals surface area (Å²) >= 11 is 3.35. The van der Waals surface area contributed by atoms with Gasteiger partial charge < -0.3 is 15.5 Å². The molecule has 7 heteroatoms. The molecule has 0 aromatic heterocycles. The lowest BCUT2D eigenvalue weighted by molar-refractivity contribution is -0.133. The molecule has 2 aromatic carbocycles. The first-order valence-electron chi connectivity index (χ1n) is 9.02. The highest BCUT2D eigenvalue weighted by atomic mass is 79.9. The Bertz CT molecular complexity index is 927. The van der Waals surface area contributed by atoms with E-state index in [9.17, 15) is 14.4 Å². The van der Waals surface area contributed by atoms with Gasteiger partial charge in [-0.1, -0.05) is 34.1 Å². The average Bonchev–Trinajstić information content (AvgIpc) is 2.85. The van der Waals surface area contributed by atoms with E-state index in [2.05, 4.69) is 26.6 Å². The summed E-state index contributed by atoms with van der Waals surface area (Å²) in [6.07, 6.45) is -0.193. The van der Waals surface area contributed by atoms with E-state index in [1.807, 2.05) is 38.1 Å². The van der Waals surface area contributed by atoms with Crippen LogP contribution in [0.25, 0.3) is 0 Å². The summed E-state index contributed by atoms with van der Waals surface area (Å²) in [5.74, 6) is -1.03. The topological polar surface area (TPSA) is 78.5 Å². The van der Waals surface area contributed by atoms with Gasteiger partial charge in [-0.2, -0.15) is 0 Å². The molecule has 0 saturated carbocycles. The Balaban J connectivity index is 1.99. The minimum atomic E-state index is -1.42. The molecule has 0 spiro atoms. The summed E-state index contributed by atoms with van der Waals surface area (Å²) in [7, 11) is 0. The standard InChI is InChI=1S/C21H22BrN3O3/c1-13(2)25-18-7-5-4-6-17(18)21(20(25)28,24-14(3)26)12-19(27)23-16-10-8-15(22)9-11-16/h4-11,13H,12H2,1-3H3,(H,23,27)(H,24,26). The Kier molecular flexibility index (Phi) is 5.56. The number of carbonyl (C=O) groups excluding carboxylic acids is 3. The van der Waals surface area contributed by atoms with Gasteiger partial charge in [-0.15, -0.1) is 0 Å². The molecular weight excluding hydrogens is 422 g/mol. The van der Waals surface area contributed by atoms with Crippen molar-refractivity contribution in [1.29, 1.82) is 0 Å². The first kappa shape index (κ1) is 20.1. The second kappa shape index (κ2) is 7.75. The van der Waals surface area contributed by atoms with Crippen LogP contribution in [0.4, 0.5) is 11.4 Å². The third-order valence-corrected chi connectivity index (χ3v) is 5.20. The first-order valence-corrected chi connectivity index (χ1v) is 9.81. The zero-order valence-corrected chi connectivity index (χ0v) is 17.5. The number of carbonyl (C=O) groups is 3. The second-order valence-electron chi connectivity index (χ2n) is 7.10. The molecule has 3 rings (SSSR count). The Hall–Kier alpha value is -2.67. The maximum atomic E-state index is 13.4. The van der Waals surface area contributed by atoms with E-state index in [-0.39, 0.29) is 30.2 Å². The molecule has 1 aliphatic heterocycles. The molecule has 0 radical (unpaired) electrons. The monoisotopic (exact) mass is 443 g/mol. The van der Waals surface area contributed by atoms with E-state index in [0.717, 1.165) is 4.47 Å². The summed E-state index contributed by atoms with van der Waals surface area (Å²) in [5, 5.41) is 5.58. The smallest absolute Gasteiger partial charge is 0.258 e. The van der Waals surface area contributed by atoms with E-state index in [4.69, 9.17) is 0 Å². The molecule has 1 heterocycles. The van der Waals surface area contributed by atoms with Crippen LogP contribution in [-0.2, 0) is 19.9 Å². The van der Waals surface area contributed by atoms with E-state index < -0.39 is 5.54 Å². The highest BCUT2D eigenvalue weighted by Crippen LogP contribution is 2.43. The van der Waals surface area contributed by atoms with Crippen LogP contribution in [0.2, 0.25) is 0 Å². The maximum Gasteiger partial charge on any atom is 0.258 e. The third-order valence-electron chi connectivity index (χ3n) is 4.67. The van der Waals surface area contributed by atoms with Gasteiger partial charge in [0, 0.05) is 28.7 Å². The fraction of sp³-hybridized carbons (Fsp3) is 0.286. The number of anilines is 2. The summed E-state index contributed by atoms with van der Waals surface area (Å²) in [6.45, 7) is 5.16. The van der Waals surface area contributed by atoms with Crippen LogP contribution in [0.5, 0.6) is 0 Å². The van der Waals surface area contributed by atoms with Gasteiger partial charge in [0.15, 0.2) is 5.54 Å². The summed E-state index contributed by atoms with van der Waals surface area (Å²) in [5.41, 5.74) is 0.541. The zero-order valence-electron chi connectivity index (χ0n) is 16.0. The van der Waals surface area contributed by atoms with E-state index >= 15 is 0 Å². The molecule has 1 aliphatic rings. The van der Waals surface area contributed by atoms with Crippen LogP contribution >= 0.6 is 15.9 Å². The van der Waals surface area contributed by atoms with E-state index in [1.165, 1.54) is 6.92 Å². The Labute approximate surface area is 172 Å². The first-order chi connectivity index (χ1) is 13.2. The van der Waals surface area contributed by atoms with Crippen molar-refractivity contribution in [2.24, 2.45) is 0 Å². The van der Waals surface area contributed by atoms with Crippen LogP contribution < -0.4 is 15.5 Å². The maximum absolute atomic E-state index is 13.4. The molecule has 2 aromatic rings. The number of nitrogens with one attached hydrogen (secondary N) is 2. The molecule has 0 aliphatic carbocycles. The number of nitrogens with zero attached hydrogens (tertiary/aromatic N) is 1. The fourth-order valence-corrected chi connectivity index (χ4v) is 3.87. The molecule has 0 fully saturated rings. The molecule has 146 valence electrons. The predicted octanol–water partition coefficient (Wildman–Crippen LogP) is 3.56. The molecule has 1 unspecified atom stereocenters. The van der Waals surface area contributed by atoms with Crippen molar-refractivity contribution >= 4 is 45.0 Å². The number of amides is 3. The van der Waals surface area contributed by atoms with Crippen molar-refractivity contribution in [1.82, 2.24) is 5.32 Å². The predicted molar refractivity (Wildman–Crippen MR) is 112 cm³/mol. The van der Waals surface area contributed by atoms with Gasteiger partial charge in [0.05, 0.1) is 12.1 Å². The number of benzene rings is 2. The molecule has 0 saturated heterocycles. The second-order valence-corrected chi connectivity index (χ2v) is 8.02. The minimum Gasteiger partial charge on any atom is -0.338 e. The van der Waals surface area contributed by atoms with Crippen molar-refractivity contribution < 1.29 is 14.4 Å². The van der Waals surface area contributed by atoms with Crippen molar-refractivity contribution in [3.63, 3.8) is 0 Å². The molecule has 2 N–H and O–H groups in total. The fourth-order valence-electron chi connectivity index (χ4n) is 3.60. The number of para-hydroxylation sites is 1. The highest BCUT2D eigenvalue weighted by Gasteiger charge is 2.53. The van der Waals surface area contributed by atoms with Crippen LogP contribution in [-0.4, -0.2) is 23.8 Å². The highest BCUT2D eigenvalue weighted by molar-refractivity contribution is 9.10. The van der Waals surface area contributed by atoms with Crippen molar-refractivity contribution in [2.45, 2.75) is 38.8 Å². The Morgan fingerprint density at radius 3 is 2.36 bits per heavy atom. The van der Waals surface area contributed by atoms with Gasteiger partial charge in [0.2, 0.25) is 11.8 Å². The number of rotatable bonds is 5. The van der Waals surface area contributed by atoms with E-state index in [1.54, 1.807) is 29.2 Å². The molecule has 6 nitrogen and oxygen atoms in total. The van der Waals surface area contributed by atoms with Gasteiger partial charge in [-0.05, 0) is 44.2 Å². The Morgan fingerprint density at radius 1 is 1.11 bits per heavy atom. The van der Waals surface area contributed by atoms with Gasteiger partial charge in [0.1, 0.15) is 0 Å². The molecular formula is C21H22BrN3O3. The summed E-state index contributed by atoms with van der Waals surface area (Å²) in [6, 6.07) is 14.3. The average molecular weight is 444 g/mol. The minimum absolute atomic E-state index is 0.112. The van der Waals surface area contributed by atoms with Gasteiger partial charge >= 0.3 is 0 Å². The molecule has 0 bridgehead atoms. The number of fused-ring (bicyclic) bond motifs is 1. The largest absolute Gasteiger partial charge is 0.338 e. The summed E-state index contributed by atoms with van der Waals surface area (Å²) in [4.78, 5) is 39.9. The van der Waals surface area contributed by atoms with Crippen molar-refractivity contribution in [3.8, 4) is 0 Å². The molecule has 28 heavy (non-hydrogen) atoms. The normalized spacial score (nSPS) is 18.2. The molecule has 3 amide bonds. The number of halogens is 1. The van der Waals surface area contributed by atoms with Crippen LogP contribution in [0, 0.1) is 0 Å². The number of hydrogen-bond acceptors (Lipinski definition) is 3. The van der Waals surface area contributed by atoms with Crippen LogP contribution in [0.3, 0.4) is 0 Å². The third kappa shape index (κ3) is 3.67. The van der Waals surface area contributed by atoms with Crippen molar-refractivity contribution in [2.75, 3.05) is 10.2 Å². The lowest BCUT2D eigenvalue weighted by Gasteiger charge is -2.30. The zero-order chi connectivity index (χ0) is 20.5. The summed E-state index contributed by atoms with van der Waals surface area (Å²) < 4.78 is 0.896.